The van der Waals surface area contributed by atoms with Crippen molar-refractivity contribution in [3.8, 4) is 0 Å². The van der Waals surface area contributed by atoms with Crippen LogP contribution in [0.1, 0.15) is 32.6 Å². The lowest BCUT2D eigenvalue weighted by Gasteiger charge is -2.38. The lowest BCUT2D eigenvalue weighted by Crippen LogP contribution is -2.43. The number of fused-ring (bicyclic) bond motifs is 7. The van der Waals surface area contributed by atoms with E-state index in [-0.39, 0.29) is 35.5 Å². The minimum Gasteiger partial charge on any atom is -0.469 e. The molecule has 0 N–H and O–H groups in total. The van der Waals surface area contributed by atoms with Gasteiger partial charge in [-0.15, -0.1) is 0 Å². The predicted molar refractivity (Wildman–Crippen MR) is 84.6 cm³/mol. The second kappa shape index (κ2) is 5.43. The van der Waals surface area contributed by atoms with Gasteiger partial charge in [-0.05, 0) is 55.9 Å². The highest BCUT2D eigenvalue weighted by molar-refractivity contribution is 6.03. The van der Waals surface area contributed by atoms with E-state index < -0.39 is 11.8 Å². The van der Waals surface area contributed by atoms with Crippen molar-refractivity contribution in [2.75, 3.05) is 14.2 Å². The largest absolute Gasteiger partial charge is 0.469 e. The molecule has 130 valence electrons. The maximum absolute atomic E-state index is 13.1. The van der Waals surface area contributed by atoms with Crippen molar-refractivity contribution >= 4 is 17.7 Å². The highest BCUT2D eigenvalue weighted by atomic mass is 16.5. The summed E-state index contributed by atoms with van der Waals surface area (Å²) >= 11 is 0. The van der Waals surface area contributed by atoms with Crippen LogP contribution in [-0.2, 0) is 23.9 Å². The summed E-state index contributed by atoms with van der Waals surface area (Å²) in [6.45, 7) is 1.94. The molecule has 4 aliphatic carbocycles. The molecule has 3 fully saturated rings. The van der Waals surface area contributed by atoms with Crippen molar-refractivity contribution in [1.29, 1.82) is 0 Å². The average Bonchev–Trinajstić information content (AvgIpc) is 3.26. The van der Waals surface area contributed by atoms with Gasteiger partial charge in [0.05, 0.1) is 26.1 Å². The maximum Gasteiger partial charge on any atom is 0.310 e. The molecule has 0 aromatic carbocycles. The van der Waals surface area contributed by atoms with Crippen LogP contribution in [0.2, 0.25) is 0 Å². The molecule has 5 nitrogen and oxygen atoms in total. The molecule has 4 aliphatic rings. The summed E-state index contributed by atoms with van der Waals surface area (Å²) in [5.74, 6) is -0.563. The number of rotatable bonds is 2. The fraction of sp³-hybridized carbons (Fsp3) is 0.737. The predicted octanol–water partition coefficient (Wildman–Crippen LogP) is 2.15. The summed E-state index contributed by atoms with van der Waals surface area (Å²) in [5.41, 5.74) is 1.80. The fourth-order valence-electron chi connectivity index (χ4n) is 6.34. The van der Waals surface area contributed by atoms with Crippen LogP contribution in [0.5, 0.6) is 0 Å². The molecule has 0 radical (unpaired) electrons. The average molecular weight is 332 g/mol. The van der Waals surface area contributed by atoms with Gasteiger partial charge >= 0.3 is 11.9 Å². The Morgan fingerprint density at radius 2 is 1.67 bits per heavy atom. The number of Topliss-reactive ketones (excluding diaryl/α,β-unsaturated/α-hetero) is 1. The monoisotopic (exact) mass is 332 g/mol. The van der Waals surface area contributed by atoms with E-state index in [9.17, 15) is 14.4 Å². The molecule has 0 unspecified atom stereocenters. The zero-order valence-electron chi connectivity index (χ0n) is 14.4. The third kappa shape index (κ3) is 1.90. The Hall–Kier alpha value is -1.65. The van der Waals surface area contributed by atoms with E-state index in [4.69, 9.17) is 9.47 Å². The lowest BCUT2D eigenvalue weighted by molar-refractivity contribution is -0.161. The molecule has 0 aliphatic heterocycles. The third-order valence-corrected chi connectivity index (χ3v) is 7.08. The van der Waals surface area contributed by atoms with Crippen LogP contribution in [0.15, 0.2) is 11.1 Å². The molecular weight excluding hydrogens is 308 g/mol. The van der Waals surface area contributed by atoms with Crippen LogP contribution < -0.4 is 0 Å². The van der Waals surface area contributed by atoms with Crippen molar-refractivity contribution in [1.82, 2.24) is 0 Å². The summed E-state index contributed by atoms with van der Waals surface area (Å²) in [7, 11) is 2.71. The molecule has 0 amide bonds. The van der Waals surface area contributed by atoms with Gasteiger partial charge in [-0.25, -0.2) is 0 Å². The summed E-state index contributed by atoms with van der Waals surface area (Å²) < 4.78 is 10.00. The smallest absolute Gasteiger partial charge is 0.310 e. The molecule has 4 rings (SSSR count). The first kappa shape index (κ1) is 15.9. The molecular formula is C19H24O5. The van der Waals surface area contributed by atoms with E-state index in [0.29, 0.717) is 18.3 Å². The van der Waals surface area contributed by atoms with Crippen LogP contribution >= 0.6 is 0 Å². The summed E-state index contributed by atoms with van der Waals surface area (Å²) in [6, 6.07) is 0. The standard InChI is InChI=1S/C19H24O5/c1-8-6-11(18(21)23-2)15(19(22)24-3)16-12(8)17(20)14-10-5-4-9(7-10)13(14)16/h9-11,13-16H,4-7H2,1-3H3/t9-,10+,11-,13+,14-,15+,16+/m1/s1. The van der Waals surface area contributed by atoms with E-state index in [2.05, 4.69) is 0 Å². The molecule has 5 heteroatoms. The topological polar surface area (TPSA) is 69.7 Å². The second-order valence-electron chi connectivity index (χ2n) is 7.90. The first-order valence-corrected chi connectivity index (χ1v) is 8.89. The van der Waals surface area contributed by atoms with Crippen molar-refractivity contribution in [3.05, 3.63) is 11.1 Å². The first-order chi connectivity index (χ1) is 11.5. The van der Waals surface area contributed by atoms with Crippen LogP contribution in [0.4, 0.5) is 0 Å². The molecule has 24 heavy (non-hydrogen) atoms. The van der Waals surface area contributed by atoms with Gasteiger partial charge in [-0.2, -0.15) is 0 Å². The number of hydrogen-bond donors (Lipinski definition) is 0. The van der Waals surface area contributed by atoms with Gasteiger partial charge in [0.25, 0.3) is 0 Å². The maximum atomic E-state index is 13.1. The first-order valence-electron chi connectivity index (χ1n) is 8.89. The fourth-order valence-corrected chi connectivity index (χ4v) is 6.34. The summed E-state index contributed by atoms with van der Waals surface area (Å²) in [5, 5.41) is 0. The molecule has 3 saturated carbocycles. The molecule has 2 bridgehead atoms. The van der Waals surface area contributed by atoms with Crippen LogP contribution in [0.25, 0.3) is 0 Å². The number of methoxy groups -OCH3 is 2. The van der Waals surface area contributed by atoms with Crippen molar-refractivity contribution in [2.24, 2.45) is 41.4 Å². The van der Waals surface area contributed by atoms with E-state index in [0.717, 1.165) is 30.4 Å². The van der Waals surface area contributed by atoms with Crippen LogP contribution in [0.3, 0.4) is 0 Å². The normalized spacial score (nSPS) is 42.8. The molecule has 0 spiro atoms. The molecule has 0 saturated heterocycles. The van der Waals surface area contributed by atoms with Gasteiger partial charge in [0.2, 0.25) is 0 Å². The van der Waals surface area contributed by atoms with Gasteiger partial charge in [0.15, 0.2) is 5.78 Å². The van der Waals surface area contributed by atoms with E-state index >= 15 is 0 Å². The Balaban J connectivity index is 1.82. The van der Waals surface area contributed by atoms with Crippen LogP contribution in [0, 0.1) is 41.4 Å². The Labute approximate surface area is 141 Å². The van der Waals surface area contributed by atoms with Gasteiger partial charge in [0.1, 0.15) is 0 Å². The highest BCUT2D eigenvalue weighted by Crippen LogP contribution is 2.64. The molecule has 0 aromatic heterocycles. The van der Waals surface area contributed by atoms with Crippen molar-refractivity contribution in [3.63, 3.8) is 0 Å². The Bertz CT molecular complexity index is 648. The number of allylic oxidation sites excluding steroid dienone is 2. The summed E-state index contributed by atoms with van der Waals surface area (Å²) in [6.07, 6.45) is 3.78. The number of hydrogen-bond acceptors (Lipinski definition) is 5. The zero-order chi connectivity index (χ0) is 17.2. The number of ketones is 1. The lowest BCUT2D eigenvalue weighted by atomic mass is 9.65. The van der Waals surface area contributed by atoms with E-state index in [1.807, 2.05) is 6.92 Å². The van der Waals surface area contributed by atoms with Gasteiger partial charge in [-0.1, -0.05) is 5.57 Å². The highest BCUT2D eigenvalue weighted by Gasteiger charge is 2.64. The Morgan fingerprint density at radius 1 is 1.00 bits per heavy atom. The second-order valence-corrected chi connectivity index (χ2v) is 7.90. The van der Waals surface area contributed by atoms with E-state index in [1.165, 1.54) is 14.2 Å². The number of carbonyl (C=O) groups is 3. The van der Waals surface area contributed by atoms with E-state index in [1.54, 1.807) is 0 Å². The Morgan fingerprint density at radius 3 is 2.33 bits per heavy atom. The summed E-state index contributed by atoms with van der Waals surface area (Å²) in [4.78, 5) is 38.0. The molecule has 7 atom stereocenters. The minimum absolute atomic E-state index is 0.0576. The van der Waals surface area contributed by atoms with Gasteiger partial charge in [-0.3, -0.25) is 14.4 Å². The van der Waals surface area contributed by atoms with Gasteiger partial charge in [0, 0.05) is 11.8 Å². The number of carbonyl (C=O) groups excluding carboxylic acids is 3. The van der Waals surface area contributed by atoms with Crippen LogP contribution in [-0.4, -0.2) is 31.9 Å². The molecule has 0 aromatic rings. The van der Waals surface area contributed by atoms with Crippen molar-refractivity contribution < 1.29 is 23.9 Å². The number of esters is 2. The third-order valence-electron chi connectivity index (χ3n) is 7.08. The Kier molecular flexibility index (Phi) is 3.59. The number of ether oxygens (including phenoxy) is 2. The zero-order valence-corrected chi connectivity index (χ0v) is 14.4. The quantitative estimate of drug-likeness (QED) is 0.725. The minimum atomic E-state index is -0.584. The SMILES string of the molecule is COC(=O)[C@@H]1[C@H]2C(=C(C)C[C@H]1C(=O)OC)C(=O)[C@@H]1[C@H]3CC[C@H](C3)[C@@H]12. The van der Waals surface area contributed by atoms with Crippen molar-refractivity contribution in [2.45, 2.75) is 32.6 Å². The molecule has 0 heterocycles. The van der Waals surface area contributed by atoms with Gasteiger partial charge < -0.3 is 9.47 Å².